The van der Waals surface area contributed by atoms with Crippen LogP contribution in [0.25, 0.3) is 0 Å². The Hall–Kier alpha value is -1.94. The summed E-state index contributed by atoms with van der Waals surface area (Å²) in [4.78, 5) is 4.10. The smallest absolute Gasteiger partial charge is 0.213 e. The van der Waals surface area contributed by atoms with Crippen molar-refractivity contribution in [2.75, 3.05) is 6.54 Å². The van der Waals surface area contributed by atoms with E-state index in [9.17, 15) is 4.39 Å². The molecule has 0 amide bonds. The van der Waals surface area contributed by atoms with E-state index < -0.39 is 0 Å². The Kier molecular flexibility index (Phi) is 4.86. The molecule has 1 aromatic carbocycles. The first-order valence-electron chi connectivity index (χ1n) is 6.27. The maximum Gasteiger partial charge on any atom is 0.213 e. The predicted molar refractivity (Wildman–Crippen MR) is 72.4 cm³/mol. The maximum absolute atomic E-state index is 12.7. The zero-order valence-electron chi connectivity index (χ0n) is 10.8. The van der Waals surface area contributed by atoms with Crippen molar-refractivity contribution >= 4 is 0 Å². The van der Waals surface area contributed by atoms with Crippen molar-refractivity contribution in [3.05, 3.63) is 60.0 Å². The van der Waals surface area contributed by atoms with E-state index in [0.717, 1.165) is 5.56 Å². The quantitative estimate of drug-likeness (QED) is 0.867. The van der Waals surface area contributed by atoms with Crippen molar-refractivity contribution in [3.63, 3.8) is 0 Å². The lowest BCUT2D eigenvalue weighted by atomic mass is 10.2. The highest BCUT2D eigenvalue weighted by molar-refractivity contribution is 5.15. The average Bonchev–Trinajstić information content (AvgIpc) is 2.42. The van der Waals surface area contributed by atoms with Crippen LogP contribution in [0.5, 0.6) is 5.88 Å². The molecule has 0 saturated carbocycles. The van der Waals surface area contributed by atoms with Crippen LogP contribution in [-0.2, 0) is 6.54 Å². The van der Waals surface area contributed by atoms with E-state index >= 15 is 0 Å². The Morgan fingerprint density at radius 3 is 2.68 bits per heavy atom. The second-order valence-electron chi connectivity index (χ2n) is 4.35. The number of ether oxygens (including phenoxy) is 1. The minimum absolute atomic E-state index is 0.0235. The molecule has 1 N–H and O–H groups in total. The molecular formula is C15H17FN2O. The second-order valence-corrected chi connectivity index (χ2v) is 4.35. The van der Waals surface area contributed by atoms with Gasteiger partial charge in [0.1, 0.15) is 11.9 Å². The summed E-state index contributed by atoms with van der Waals surface area (Å²) in [5.41, 5.74) is 1.05. The van der Waals surface area contributed by atoms with Gasteiger partial charge in [-0.05, 0) is 30.7 Å². The van der Waals surface area contributed by atoms with E-state index in [2.05, 4.69) is 10.3 Å². The van der Waals surface area contributed by atoms with Crippen molar-refractivity contribution in [2.24, 2.45) is 0 Å². The summed E-state index contributed by atoms with van der Waals surface area (Å²) >= 11 is 0. The molecule has 3 nitrogen and oxygen atoms in total. The van der Waals surface area contributed by atoms with Crippen molar-refractivity contribution in [3.8, 4) is 5.88 Å². The lowest BCUT2D eigenvalue weighted by Crippen LogP contribution is -2.28. The van der Waals surface area contributed by atoms with Crippen molar-refractivity contribution < 1.29 is 9.13 Å². The van der Waals surface area contributed by atoms with E-state index in [-0.39, 0.29) is 11.9 Å². The minimum atomic E-state index is -0.212. The Balaban J connectivity index is 1.72. The number of nitrogens with one attached hydrogen (secondary N) is 1. The first-order valence-corrected chi connectivity index (χ1v) is 6.27. The highest BCUT2D eigenvalue weighted by Gasteiger charge is 2.04. The third kappa shape index (κ3) is 4.67. The molecule has 2 aromatic rings. The van der Waals surface area contributed by atoms with Crippen molar-refractivity contribution in [1.29, 1.82) is 0 Å². The van der Waals surface area contributed by atoms with Gasteiger partial charge in [0.15, 0.2) is 0 Å². The minimum Gasteiger partial charge on any atom is -0.473 e. The Labute approximate surface area is 112 Å². The summed E-state index contributed by atoms with van der Waals surface area (Å²) in [5.74, 6) is 0.411. The van der Waals surface area contributed by atoms with Crippen LogP contribution in [0.1, 0.15) is 12.5 Å². The van der Waals surface area contributed by atoms with Crippen LogP contribution in [0.3, 0.4) is 0 Å². The van der Waals surface area contributed by atoms with Gasteiger partial charge in [0, 0.05) is 25.4 Å². The van der Waals surface area contributed by atoms with E-state index in [1.807, 2.05) is 25.1 Å². The Bertz CT molecular complexity index is 487. The molecule has 1 aromatic heterocycles. The van der Waals surface area contributed by atoms with Crippen LogP contribution in [0.2, 0.25) is 0 Å². The predicted octanol–water partition coefficient (Wildman–Crippen LogP) is 2.78. The highest BCUT2D eigenvalue weighted by atomic mass is 19.1. The van der Waals surface area contributed by atoms with Gasteiger partial charge in [-0.2, -0.15) is 0 Å². The number of aromatic nitrogens is 1. The summed E-state index contributed by atoms with van der Waals surface area (Å²) < 4.78 is 18.4. The van der Waals surface area contributed by atoms with Gasteiger partial charge in [0.25, 0.3) is 0 Å². The molecule has 1 heterocycles. The molecule has 100 valence electrons. The first-order chi connectivity index (χ1) is 9.24. The molecule has 1 atom stereocenters. The van der Waals surface area contributed by atoms with Crippen LogP contribution < -0.4 is 10.1 Å². The van der Waals surface area contributed by atoms with Crippen LogP contribution in [0.15, 0.2) is 48.7 Å². The van der Waals surface area contributed by atoms with E-state index in [1.165, 1.54) is 12.1 Å². The van der Waals surface area contributed by atoms with Gasteiger partial charge in [-0.3, -0.25) is 0 Å². The zero-order chi connectivity index (χ0) is 13.5. The standard InChI is InChI=1S/C15H17FN2O/c1-12(19-15-4-2-3-9-18-15)10-17-11-13-5-7-14(16)8-6-13/h2-9,12,17H,10-11H2,1H3. The third-order valence-electron chi connectivity index (χ3n) is 2.63. The SMILES string of the molecule is CC(CNCc1ccc(F)cc1)Oc1ccccn1. The molecule has 1 unspecified atom stereocenters. The molecule has 0 spiro atoms. The zero-order valence-corrected chi connectivity index (χ0v) is 10.8. The topological polar surface area (TPSA) is 34.1 Å². The molecule has 19 heavy (non-hydrogen) atoms. The maximum atomic E-state index is 12.7. The summed E-state index contributed by atoms with van der Waals surface area (Å²) in [6, 6.07) is 12.0. The molecule has 0 aliphatic heterocycles. The normalized spacial score (nSPS) is 12.1. The number of benzene rings is 1. The van der Waals surface area contributed by atoms with Gasteiger partial charge in [-0.15, -0.1) is 0 Å². The number of pyridine rings is 1. The van der Waals surface area contributed by atoms with Gasteiger partial charge in [-0.25, -0.2) is 9.37 Å². The second kappa shape index (κ2) is 6.85. The molecule has 0 radical (unpaired) electrons. The van der Waals surface area contributed by atoms with Crippen LogP contribution in [0, 0.1) is 5.82 Å². The average molecular weight is 260 g/mol. The monoisotopic (exact) mass is 260 g/mol. The van der Waals surface area contributed by atoms with E-state index in [0.29, 0.717) is 19.0 Å². The largest absolute Gasteiger partial charge is 0.473 e. The molecule has 0 bridgehead atoms. The summed E-state index contributed by atoms with van der Waals surface area (Å²) in [6.07, 6.45) is 1.73. The molecule has 0 aliphatic rings. The summed E-state index contributed by atoms with van der Waals surface area (Å²) in [5, 5.41) is 3.27. The van der Waals surface area contributed by atoms with Crippen LogP contribution in [0.4, 0.5) is 4.39 Å². The van der Waals surface area contributed by atoms with Gasteiger partial charge >= 0.3 is 0 Å². The van der Waals surface area contributed by atoms with Crippen molar-refractivity contribution in [1.82, 2.24) is 10.3 Å². The molecule has 0 fully saturated rings. The number of hydrogen-bond acceptors (Lipinski definition) is 3. The Morgan fingerprint density at radius 2 is 2.00 bits per heavy atom. The highest BCUT2D eigenvalue weighted by Crippen LogP contribution is 2.06. The lowest BCUT2D eigenvalue weighted by Gasteiger charge is -2.14. The first kappa shape index (κ1) is 13.5. The van der Waals surface area contributed by atoms with Gasteiger partial charge < -0.3 is 10.1 Å². The third-order valence-corrected chi connectivity index (χ3v) is 2.63. The van der Waals surface area contributed by atoms with Crippen LogP contribution in [-0.4, -0.2) is 17.6 Å². The van der Waals surface area contributed by atoms with Crippen molar-refractivity contribution in [2.45, 2.75) is 19.6 Å². The van der Waals surface area contributed by atoms with E-state index in [1.54, 1.807) is 18.3 Å². The fraction of sp³-hybridized carbons (Fsp3) is 0.267. The molecule has 4 heteroatoms. The van der Waals surface area contributed by atoms with Gasteiger partial charge in [0.05, 0.1) is 0 Å². The molecule has 2 rings (SSSR count). The number of hydrogen-bond donors (Lipinski definition) is 1. The molecular weight excluding hydrogens is 243 g/mol. The number of rotatable bonds is 6. The van der Waals surface area contributed by atoms with Gasteiger partial charge in [0.2, 0.25) is 5.88 Å². The molecule has 0 saturated heterocycles. The summed E-state index contributed by atoms with van der Waals surface area (Å²) in [7, 11) is 0. The lowest BCUT2D eigenvalue weighted by molar-refractivity contribution is 0.208. The van der Waals surface area contributed by atoms with E-state index in [4.69, 9.17) is 4.74 Å². The molecule has 0 aliphatic carbocycles. The summed E-state index contributed by atoms with van der Waals surface area (Å²) in [6.45, 7) is 3.37. The van der Waals surface area contributed by atoms with Crippen LogP contribution >= 0.6 is 0 Å². The number of nitrogens with zero attached hydrogens (tertiary/aromatic N) is 1. The number of halogens is 1. The Morgan fingerprint density at radius 1 is 1.21 bits per heavy atom. The fourth-order valence-electron chi connectivity index (χ4n) is 1.69. The fourth-order valence-corrected chi connectivity index (χ4v) is 1.69. The van der Waals surface area contributed by atoms with Gasteiger partial charge in [-0.1, -0.05) is 18.2 Å².